The third-order valence-corrected chi connectivity index (χ3v) is 3.90. The van der Waals surface area contributed by atoms with Gasteiger partial charge in [-0.05, 0) is 57.0 Å². The van der Waals surface area contributed by atoms with Crippen LogP contribution < -0.4 is 10.6 Å². The van der Waals surface area contributed by atoms with Crippen LogP contribution in [-0.2, 0) is 0 Å². The fourth-order valence-electron chi connectivity index (χ4n) is 2.41. The molecule has 1 unspecified atom stereocenters. The van der Waals surface area contributed by atoms with Gasteiger partial charge in [-0.3, -0.25) is 0 Å². The molecule has 0 radical (unpaired) electrons. The molecule has 1 aromatic rings. The monoisotopic (exact) mass is 296 g/mol. The highest BCUT2D eigenvalue weighted by Crippen LogP contribution is 2.19. The van der Waals surface area contributed by atoms with E-state index in [-0.39, 0.29) is 0 Å². The Bertz CT molecular complexity index is 346. The van der Waals surface area contributed by atoms with Gasteiger partial charge < -0.3 is 10.6 Å². The summed E-state index contributed by atoms with van der Waals surface area (Å²) in [6, 6.07) is 9.65. The quantitative estimate of drug-likeness (QED) is 0.895. The van der Waals surface area contributed by atoms with Crippen LogP contribution in [0.25, 0.3) is 0 Å². The van der Waals surface area contributed by atoms with Crippen LogP contribution in [0.2, 0.25) is 0 Å². The van der Waals surface area contributed by atoms with E-state index in [4.69, 9.17) is 0 Å². The molecule has 0 aromatic heterocycles. The fourth-order valence-corrected chi connectivity index (χ4v) is 2.83. The topological polar surface area (TPSA) is 24.1 Å². The minimum absolute atomic E-state index is 0.426. The van der Waals surface area contributed by atoms with Gasteiger partial charge in [-0.15, -0.1) is 0 Å². The summed E-state index contributed by atoms with van der Waals surface area (Å²) < 4.78 is 1.16. The second kappa shape index (κ2) is 6.53. The molecule has 1 heterocycles. The van der Waals surface area contributed by atoms with Crippen LogP contribution in [0.5, 0.6) is 0 Å². The van der Waals surface area contributed by atoms with E-state index < -0.39 is 0 Å². The molecule has 3 heteroatoms. The third kappa shape index (κ3) is 4.09. The van der Waals surface area contributed by atoms with Gasteiger partial charge in [0.2, 0.25) is 0 Å². The van der Waals surface area contributed by atoms with Gasteiger partial charge in [-0.1, -0.05) is 28.1 Å². The highest BCUT2D eigenvalue weighted by molar-refractivity contribution is 9.10. The first-order chi connectivity index (χ1) is 8.25. The molecule has 1 aromatic carbocycles. The van der Waals surface area contributed by atoms with Gasteiger partial charge in [0.05, 0.1) is 0 Å². The van der Waals surface area contributed by atoms with Crippen LogP contribution in [0.15, 0.2) is 28.7 Å². The van der Waals surface area contributed by atoms with Crippen molar-refractivity contribution in [1.82, 2.24) is 10.6 Å². The predicted molar refractivity (Wildman–Crippen MR) is 76.2 cm³/mol. The van der Waals surface area contributed by atoms with Crippen molar-refractivity contribution in [3.05, 3.63) is 34.3 Å². The zero-order chi connectivity index (χ0) is 12.1. The summed E-state index contributed by atoms with van der Waals surface area (Å²) in [5.74, 6) is 0. The summed E-state index contributed by atoms with van der Waals surface area (Å²) in [5, 5.41) is 7.19. The van der Waals surface area contributed by atoms with Gasteiger partial charge >= 0.3 is 0 Å². The number of rotatable bonds is 3. The summed E-state index contributed by atoms with van der Waals surface area (Å²) in [6.07, 6.45) is 3.80. The molecule has 1 saturated heterocycles. The van der Waals surface area contributed by atoms with Gasteiger partial charge in [0.1, 0.15) is 0 Å². The molecule has 0 bridgehead atoms. The van der Waals surface area contributed by atoms with E-state index in [0.717, 1.165) is 11.0 Å². The molecule has 0 saturated carbocycles. The number of hydrogen-bond donors (Lipinski definition) is 2. The van der Waals surface area contributed by atoms with Gasteiger partial charge in [0.25, 0.3) is 0 Å². The molecule has 0 amide bonds. The number of halogens is 1. The van der Waals surface area contributed by atoms with Crippen LogP contribution in [0.1, 0.15) is 37.8 Å². The molecule has 1 fully saturated rings. The lowest BCUT2D eigenvalue weighted by Crippen LogP contribution is -2.32. The number of nitrogens with one attached hydrogen (secondary N) is 2. The zero-order valence-electron chi connectivity index (χ0n) is 10.4. The molecule has 0 spiro atoms. The van der Waals surface area contributed by atoms with Gasteiger partial charge in [-0.2, -0.15) is 0 Å². The summed E-state index contributed by atoms with van der Waals surface area (Å²) in [6.45, 7) is 4.56. The minimum atomic E-state index is 0.426. The highest BCUT2D eigenvalue weighted by atomic mass is 79.9. The minimum Gasteiger partial charge on any atom is -0.317 e. The van der Waals surface area contributed by atoms with E-state index in [0.29, 0.717) is 12.1 Å². The Labute approximate surface area is 112 Å². The lowest BCUT2D eigenvalue weighted by atomic mass is 10.0. The molecular formula is C14H21BrN2. The Morgan fingerprint density at radius 1 is 1.35 bits per heavy atom. The molecule has 94 valence electrons. The van der Waals surface area contributed by atoms with Crippen LogP contribution in [0.3, 0.4) is 0 Å². The lowest BCUT2D eigenvalue weighted by Gasteiger charge is -2.22. The SMILES string of the molecule is C[C@H](NC1CCCNCC1)c1cccc(Br)c1. The van der Waals surface area contributed by atoms with Crippen molar-refractivity contribution in [2.45, 2.75) is 38.3 Å². The van der Waals surface area contributed by atoms with Crippen molar-refractivity contribution in [3.8, 4) is 0 Å². The molecule has 0 aliphatic carbocycles. The van der Waals surface area contributed by atoms with Gasteiger partial charge in [0, 0.05) is 16.6 Å². The average Bonchev–Trinajstić information content (AvgIpc) is 2.57. The highest BCUT2D eigenvalue weighted by Gasteiger charge is 2.15. The number of hydrogen-bond acceptors (Lipinski definition) is 2. The Balaban J connectivity index is 1.93. The predicted octanol–water partition coefficient (Wildman–Crippen LogP) is 3.24. The normalized spacial score (nSPS) is 23.1. The fraction of sp³-hybridized carbons (Fsp3) is 0.571. The molecule has 1 aliphatic rings. The molecular weight excluding hydrogens is 276 g/mol. The second-order valence-electron chi connectivity index (χ2n) is 4.82. The van der Waals surface area contributed by atoms with Crippen LogP contribution >= 0.6 is 15.9 Å². The van der Waals surface area contributed by atoms with Gasteiger partial charge in [0.15, 0.2) is 0 Å². The molecule has 2 atom stereocenters. The molecule has 17 heavy (non-hydrogen) atoms. The Morgan fingerprint density at radius 3 is 3.06 bits per heavy atom. The first kappa shape index (κ1) is 13.1. The van der Waals surface area contributed by atoms with E-state index in [1.165, 1.54) is 31.4 Å². The summed E-state index contributed by atoms with van der Waals surface area (Å²) in [5.41, 5.74) is 1.36. The lowest BCUT2D eigenvalue weighted by molar-refractivity contribution is 0.421. The summed E-state index contributed by atoms with van der Waals surface area (Å²) in [4.78, 5) is 0. The van der Waals surface area contributed by atoms with Crippen molar-refractivity contribution in [2.24, 2.45) is 0 Å². The smallest absolute Gasteiger partial charge is 0.0294 e. The molecule has 2 rings (SSSR count). The summed E-state index contributed by atoms with van der Waals surface area (Å²) in [7, 11) is 0. The van der Waals surface area contributed by atoms with Gasteiger partial charge in [-0.25, -0.2) is 0 Å². The average molecular weight is 297 g/mol. The van der Waals surface area contributed by atoms with Crippen LogP contribution in [0.4, 0.5) is 0 Å². The van der Waals surface area contributed by atoms with E-state index in [2.05, 4.69) is 57.8 Å². The number of benzene rings is 1. The van der Waals surface area contributed by atoms with Crippen molar-refractivity contribution in [2.75, 3.05) is 13.1 Å². The zero-order valence-corrected chi connectivity index (χ0v) is 12.0. The first-order valence-electron chi connectivity index (χ1n) is 6.48. The Kier molecular flexibility index (Phi) is 5.01. The third-order valence-electron chi connectivity index (χ3n) is 3.41. The van der Waals surface area contributed by atoms with E-state index >= 15 is 0 Å². The second-order valence-corrected chi connectivity index (χ2v) is 5.74. The van der Waals surface area contributed by atoms with E-state index in [9.17, 15) is 0 Å². The van der Waals surface area contributed by atoms with Crippen molar-refractivity contribution in [1.29, 1.82) is 0 Å². The van der Waals surface area contributed by atoms with Crippen LogP contribution in [0, 0.1) is 0 Å². The molecule has 1 aliphatic heterocycles. The van der Waals surface area contributed by atoms with Crippen molar-refractivity contribution < 1.29 is 0 Å². The van der Waals surface area contributed by atoms with Crippen LogP contribution in [-0.4, -0.2) is 19.1 Å². The molecule has 2 N–H and O–H groups in total. The maximum Gasteiger partial charge on any atom is 0.0294 e. The van der Waals surface area contributed by atoms with E-state index in [1.54, 1.807) is 0 Å². The van der Waals surface area contributed by atoms with Crippen molar-refractivity contribution >= 4 is 15.9 Å². The standard InChI is InChI=1S/C14H21BrN2/c1-11(12-4-2-5-13(15)10-12)17-14-6-3-8-16-9-7-14/h2,4-5,10-11,14,16-17H,3,6-9H2,1H3/t11-,14?/m0/s1. The van der Waals surface area contributed by atoms with E-state index in [1.807, 2.05) is 0 Å². The maximum absolute atomic E-state index is 3.74. The molecule has 2 nitrogen and oxygen atoms in total. The summed E-state index contributed by atoms with van der Waals surface area (Å²) >= 11 is 3.53. The maximum atomic E-state index is 3.74. The van der Waals surface area contributed by atoms with Crippen molar-refractivity contribution in [3.63, 3.8) is 0 Å². The largest absolute Gasteiger partial charge is 0.317 e. The first-order valence-corrected chi connectivity index (χ1v) is 7.27. The Hall–Kier alpha value is -0.380. The Morgan fingerprint density at radius 2 is 2.24 bits per heavy atom.